The third-order valence-corrected chi connectivity index (χ3v) is 2.76. The minimum absolute atomic E-state index is 0.291. The van der Waals surface area contributed by atoms with Crippen LogP contribution >= 0.6 is 0 Å². The Hall–Kier alpha value is -2.56. The zero-order valence-corrected chi connectivity index (χ0v) is 10.8. The number of hydrogen-bond donors (Lipinski definition) is 2. The van der Waals surface area contributed by atoms with Crippen LogP contribution in [0.1, 0.15) is 28.6 Å². The van der Waals surface area contributed by atoms with Crippen molar-refractivity contribution in [1.29, 1.82) is 0 Å². The molecule has 1 aromatic carbocycles. The van der Waals surface area contributed by atoms with Gasteiger partial charge in [0.25, 0.3) is 5.91 Å². The fraction of sp³-hybridized carbons (Fsp3) is 0.143. The Morgan fingerprint density at radius 3 is 2.53 bits per heavy atom. The van der Waals surface area contributed by atoms with Crippen molar-refractivity contribution in [3.63, 3.8) is 0 Å². The molecule has 19 heavy (non-hydrogen) atoms. The molecule has 5 nitrogen and oxygen atoms in total. The Balaban J connectivity index is 2.08. The van der Waals surface area contributed by atoms with Crippen LogP contribution < -0.4 is 11.2 Å². The predicted molar refractivity (Wildman–Crippen MR) is 74.0 cm³/mol. The number of furan rings is 1. The number of carbonyl (C=O) groups excluding carboxylic acids is 1. The highest BCUT2D eigenvalue weighted by Gasteiger charge is 2.10. The first kappa shape index (κ1) is 12.9. The Morgan fingerprint density at radius 1 is 1.26 bits per heavy atom. The number of nitrogens with one attached hydrogen (secondary N) is 1. The molecule has 0 unspecified atom stereocenters. The van der Waals surface area contributed by atoms with Crippen LogP contribution in [0.15, 0.2) is 46.1 Å². The molecule has 0 aliphatic heterocycles. The van der Waals surface area contributed by atoms with Gasteiger partial charge in [-0.25, -0.2) is 5.43 Å². The number of carbonyl (C=O) groups is 1. The Kier molecular flexibility index (Phi) is 3.66. The van der Waals surface area contributed by atoms with E-state index in [9.17, 15) is 4.79 Å². The van der Waals surface area contributed by atoms with Crippen molar-refractivity contribution < 1.29 is 9.21 Å². The molecule has 0 atom stereocenters. The first-order valence-corrected chi connectivity index (χ1v) is 5.82. The average Bonchev–Trinajstić information content (AvgIpc) is 2.83. The van der Waals surface area contributed by atoms with E-state index in [1.807, 2.05) is 19.1 Å². The molecule has 0 bridgehead atoms. The third-order valence-electron chi connectivity index (χ3n) is 2.76. The summed E-state index contributed by atoms with van der Waals surface area (Å²) in [7, 11) is 0. The Morgan fingerprint density at radius 2 is 1.95 bits per heavy atom. The third kappa shape index (κ3) is 3.01. The van der Waals surface area contributed by atoms with Gasteiger partial charge in [0.1, 0.15) is 5.76 Å². The van der Waals surface area contributed by atoms with Gasteiger partial charge in [0, 0.05) is 5.69 Å². The van der Waals surface area contributed by atoms with Crippen LogP contribution in [0.5, 0.6) is 0 Å². The molecule has 2 aromatic rings. The number of nitrogens with two attached hydrogens (primary N) is 1. The van der Waals surface area contributed by atoms with Gasteiger partial charge >= 0.3 is 0 Å². The fourth-order valence-electron chi connectivity index (χ4n) is 1.60. The molecule has 98 valence electrons. The van der Waals surface area contributed by atoms with Crippen molar-refractivity contribution in [2.75, 3.05) is 5.73 Å². The number of amides is 1. The van der Waals surface area contributed by atoms with Crippen LogP contribution in [-0.4, -0.2) is 11.6 Å². The minimum atomic E-state index is -0.291. The van der Waals surface area contributed by atoms with Crippen LogP contribution in [0.3, 0.4) is 0 Å². The van der Waals surface area contributed by atoms with Crippen molar-refractivity contribution in [2.45, 2.75) is 13.8 Å². The predicted octanol–water partition coefficient (Wildman–Crippen LogP) is 2.32. The highest BCUT2D eigenvalue weighted by atomic mass is 16.3. The zero-order chi connectivity index (χ0) is 13.8. The summed E-state index contributed by atoms with van der Waals surface area (Å²) in [5.41, 5.74) is 10.9. The van der Waals surface area contributed by atoms with Gasteiger partial charge in [-0.15, -0.1) is 0 Å². The molecule has 0 spiro atoms. The fourth-order valence-corrected chi connectivity index (χ4v) is 1.60. The second kappa shape index (κ2) is 5.39. The lowest BCUT2D eigenvalue weighted by Crippen LogP contribution is -2.19. The topological polar surface area (TPSA) is 80.6 Å². The van der Waals surface area contributed by atoms with E-state index in [-0.39, 0.29) is 5.91 Å². The molecule has 1 heterocycles. The van der Waals surface area contributed by atoms with E-state index in [4.69, 9.17) is 10.2 Å². The maximum Gasteiger partial charge on any atom is 0.274 e. The SMILES string of the molecule is C/C(=N/NC(=O)c1ccoc1C)c1ccc(N)cc1. The average molecular weight is 257 g/mol. The summed E-state index contributed by atoms with van der Waals surface area (Å²) in [5.74, 6) is 0.277. The normalized spacial score (nSPS) is 11.4. The molecule has 5 heteroatoms. The quantitative estimate of drug-likeness (QED) is 0.503. The van der Waals surface area contributed by atoms with Gasteiger partial charge in [-0.1, -0.05) is 12.1 Å². The summed E-state index contributed by atoms with van der Waals surface area (Å²) in [6.45, 7) is 3.54. The summed E-state index contributed by atoms with van der Waals surface area (Å²) in [6.07, 6.45) is 1.47. The van der Waals surface area contributed by atoms with Gasteiger partial charge in [-0.2, -0.15) is 5.10 Å². The van der Waals surface area contributed by atoms with E-state index in [2.05, 4.69) is 10.5 Å². The van der Waals surface area contributed by atoms with Gasteiger partial charge in [0.2, 0.25) is 0 Å². The van der Waals surface area contributed by atoms with Crippen LogP contribution in [0.4, 0.5) is 5.69 Å². The van der Waals surface area contributed by atoms with E-state index in [0.717, 1.165) is 5.56 Å². The Bertz CT molecular complexity index is 612. The molecule has 3 N–H and O–H groups in total. The van der Waals surface area contributed by atoms with Crippen LogP contribution in [0.2, 0.25) is 0 Å². The first-order chi connectivity index (χ1) is 9.08. The van der Waals surface area contributed by atoms with Gasteiger partial charge in [-0.3, -0.25) is 4.79 Å². The van der Waals surface area contributed by atoms with Crippen molar-refractivity contribution in [1.82, 2.24) is 5.43 Å². The number of aryl methyl sites for hydroxylation is 1. The van der Waals surface area contributed by atoms with E-state index in [0.29, 0.717) is 22.7 Å². The number of anilines is 1. The molecule has 0 aliphatic carbocycles. The minimum Gasteiger partial charge on any atom is -0.469 e. The largest absolute Gasteiger partial charge is 0.469 e. The summed E-state index contributed by atoms with van der Waals surface area (Å²) < 4.78 is 5.07. The molecule has 0 fully saturated rings. The van der Waals surface area contributed by atoms with Crippen molar-refractivity contribution in [2.24, 2.45) is 5.10 Å². The van der Waals surface area contributed by atoms with Gasteiger partial charge in [0.05, 0.1) is 17.5 Å². The lowest BCUT2D eigenvalue weighted by atomic mass is 10.1. The summed E-state index contributed by atoms with van der Waals surface area (Å²) >= 11 is 0. The molecule has 0 aliphatic rings. The molecule has 2 rings (SSSR count). The van der Waals surface area contributed by atoms with Crippen molar-refractivity contribution in [3.05, 3.63) is 53.5 Å². The first-order valence-electron chi connectivity index (χ1n) is 5.82. The van der Waals surface area contributed by atoms with E-state index < -0.39 is 0 Å². The van der Waals surface area contributed by atoms with E-state index in [1.54, 1.807) is 25.1 Å². The van der Waals surface area contributed by atoms with E-state index in [1.165, 1.54) is 6.26 Å². The summed E-state index contributed by atoms with van der Waals surface area (Å²) in [5, 5.41) is 4.06. The van der Waals surface area contributed by atoms with Gasteiger partial charge in [0.15, 0.2) is 0 Å². The summed E-state index contributed by atoms with van der Waals surface area (Å²) in [4.78, 5) is 11.8. The molecule has 0 radical (unpaired) electrons. The maximum atomic E-state index is 11.8. The molecule has 1 aromatic heterocycles. The second-order valence-electron chi connectivity index (χ2n) is 4.15. The number of benzene rings is 1. The van der Waals surface area contributed by atoms with Gasteiger partial charge in [-0.05, 0) is 37.6 Å². The molecule has 1 amide bonds. The van der Waals surface area contributed by atoms with Gasteiger partial charge < -0.3 is 10.2 Å². The number of rotatable bonds is 3. The van der Waals surface area contributed by atoms with Crippen LogP contribution in [0.25, 0.3) is 0 Å². The zero-order valence-electron chi connectivity index (χ0n) is 10.8. The van der Waals surface area contributed by atoms with E-state index >= 15 is 0 Å². The lowest BCUT2D eigenvalue weighted by molar-refractivity contribution is 0.0953. The van der Waals surface area contributed by atoms with Crippen molar-refractivity contribution in [3.8, 4) is 0 Å². The standard InChI is InChI=1S/C14H15N3O2/c1-9(11-3-5-12(15)6-4-11)16-17-14(18)13-7-8-19-10(13)2/h3-8H,15H2,1-2H3,(H,17,18)/b16-9-. The molecular formula is C14H15N3O2. The monoisotopic (exact) mass is 257 g/mol. The highest BCUT2D eigenvalue weighted by molar-refractivity contribution is 6.01. The number of nitrogens with zero attached hydrogens (tertiary/aromatic N) is 1. The molecule has 0 saturated heterocycles. The van der Waals surface area contributed by atoms with Crippen molar-refractivity contribution >= 4 is 17.3 Å². The smallest absolute Gasteiger partial charge is 0.274 e. The highest BCUT2D eigenvalue weighted by Crippen LogP contribution is 2.09. The Labute approximate surface area is 111 Å². The van der Waals surface area contributed by atoms with Crippen LogP contribution in [-0.2, 0) is 0 Å². The summed E-state index contributed by atoms with van der Waals surface area (Å²) in [6, 6.07) is 8.89. The molecular weight excluding hydrogens is 242 g/mol. The maximum absolute atomic E-state index is 11.8. The van der Waals surface area contributed by atoms with Crippen LogP contribution in [0, 0.1) is 6.92 Å². The number of hydrazone groups is 1. The number of hydrogen-bond acceptors (Lipinski definition) is 4. The molecule has 0 saturated carbocycles. The lowest BCUT2D eigenvalue weighted by Gasteiger charge is -2.02. The number of nitrogen functional groups attached to an aromatic ring is 1. The second-order valence-corrected chi connectivity index (χ2v) is 4.15.